The van der Waals surface area contributed by atoms with Gasteiger partial charge in [-0.2, -0.15) is 5.10 Å². The Morgan fingerprint density at radius 2 is 1.92 bits per heavy atom. The predicted octanol–water partition coefficient (Wildman–Crippen LogP) is 2.43. The Balaban J connectivity index is 1.76. The van der Waals surface area contributed by atoms with Crippen molar-refractivity contribution >= 4 is 11.9 Å². The van der Waals surface area contributed by atoms with Crippen LogP contribution < -0.4 is 0 Å². The Morgan fingerprint density at radius 3 is 2.50 bits per heavy atom. The number of rotatable bonds is 3. The van der Waals surface area contributed by atoms with Crippen molar-refractivity contribution in [1.82, 2.24) is 14.7 Å². The predicted molar refractivity (Wildman–Crippen MR) is 89.3 cm³/mol. The van der Waals surface area contributed by atoms with Gasteiger partial charge in [0.2, 0.25) is 0 Å². The normalized spacial score (nSPS) is 17.8. The van der Waals surface area contributed by atoms with Crippen LogP contribution in [0.4, 0.5) is 0 Å². The van der Waals surface area contributed by atoms with E-state index in [0.29, 0.717) is 18.5 Å². The smallest absolute Gasteiger partial charge is 0.308 e. The minimum atomic E-state index is -0.827. The largest absolute Gasteiger partial charge is 0.481 e. The number of carbonyl (C=O) groups excluding carboxylic acids is 1. The van der Waals surface area contributed by atoms with Crippen molar-refractivity contribution in [3.63, 3.8) is 0 Å². The van der Waals surface area contributed by atoms with Gasteiger partial charge < -0.3 is 10.0 Å². The van der Waals surface area contributed by atoms with Gasteiger partial charge in [-0.1, -0.05) is 0 Å². The van der Waals surface area contributed by atoms with Crippen LogP contribution in [0.25, 0.3) is 5.69 Å². The maximum Gasteiger partial charge on any atom is 0.308 e. The van der Waals surface area contributed by atoms with Gasteiger partial charge in [-0.25, -0.2) is 4.68 Å². The summed E-state index contributed by atoms with van der Waals surface area (Å²) in [6.45, 7) is 4.82. The second kappa shape index (κ2) is 6.47. The quantitative estimate of drug-likeness (QED) is 0.939. The molecular formula is C18H21N3O3. The van der Waals surface area contributed by atoms with Gasteiger partial charge in [-0.3, -0.25) is 9.59 Å². The molecule has 1 aromatic heterocycles. The fraction of sp³-hybridized carbons (Fsp3) is 0.389. The fourth-order valence-corrected chi connectivity index (χ4v) is 3.18. The highest BCUT2D eigenvalue weighted by Gasteiger charge is 2.28. The van der Waals surface area contributed by atoms with E-state index < -0.39 is 11.9 Å². The van der Waals surface area contributed by atoms with E-state index in [9.17, 15) is 9.59 Å². The number of aliphatic carboxylic acids is 1. The summed E-state index contributed by atoms with van der Waals surface area (Å²) in [5.74, 6) is -1.40. The molecule has 2 heterocycles. The molecule has 0 aliphatic carbocycles. The third kappa shape index (κ3) is 3.18. The van der Waals surface area contributed by atoms with E-state index in [4.69, 9.17) is 5.11 Å². The lowest BCUT2D eigenvalue weighted by Gasteiger charge is -2.30. The molecule has 1 fully saturated rings. The molecule has 6 nitrogen and oxygen atoms in total. The Morgan fingerprint density at radius 1 is 1.21 bits per heavy atom. The van der Waals surface area contributed by atoms with E-state index in [1.54, 1.807) is 17.0 Å². The number of piperidine rings is 1. The Labute approximate surface area is 140 Å². The van der Waals surface area contributed by atoms with Crippen LogP contribution in [-0.4, -0.2) is 44.8 Å². The monoisotopic (exact) mass is 327 g/mol. The number of carbonyl (C=O) groups is 2. The number of carboxylic acid groups (broad SMARTS) is 1. The maximum atomic E-state index is 12.6. The maximum absolute atomic E-state index is 12.6. The van der Waals surface area contributed by atoms with Gasteiger partial charge in [0.05, 0.1) is 17.3 Å². The van der Waals surface area contributed by atoms with Crippen LogP contribution in [0, 0.1) is 19.8 Å². The van der Waals surface area contributed by atoms with Crippen molar-refractivity contribution in [1.29, 1.82) is 0 Å². The van der Waals surface area contributed by atoms with Crippen molar-refractivity contribution in [2.24, 2.45) is 5.92 Å². The number of nitrogens with zero attached hydrogens (tertiary/aromatic N) is 3. The molecule has 3 rings (SSSR count). The van der Waals surface area contributed by atoms with Crippen LogP contribution in [0.3, 0.4) is 0 Å². The highest BCUT2D eigenvalue weighted by molar-refractivity contribution is 5.94. The summed E-state index contributed by atoms with van der Waals surface area (Å²) in [4.78, 5) is 25.4. The zero-order valence-electron chi connectivity index (χ0n) is 13.9. The second-order valence-electron chi connectivity index (χ2n) is 6.31. The molecule has 1 aliphatic heterocycles. The minimum Gasteiger partial charge on any atom is -0.481 e. The van der Waals surface area contributed by atoms with Gasteiger partial charge >= 0.3 is 5.97 Å². The summed E-state index contributed by atoms with van der Waals surface area (Å²) in [6, 6.07) is 9.28. The molecule has 0 spiro atoms. The molecule has 1 amide bonds. The molecule has 24 heavy (non-hydrogen) atoms. The van der Waals surface area contributed by atoms with E-state index in [1.807, 2.05) is 36.7 Å². The number of aromatic nitrogens is 2. The summed E-state index contributed by atoms with van der Waals surface area (Å²) >= 11 is 0. The molecule has 126 valence electrons. The third-order valence-corrected chi connectivity index (χ3v) is 4.43. The topological polar surface area (TPSA) is 75.4 Å². The Bertz CT molecular complexity index is 764. The van der Waals surface area contributed by atoms with Crippen molar-refractivity contribution < 1.29 is 14.7 Å². The molecule has 1 aliphatic rings. The van der Waals surface area contributed by atoms with E-state index in [1.165, 1.54) is 0 Å². The highest BCUT2D eigenvalue weighted by Crippen LogP contribution is 2.20. The molecule has 1 atom stereocenters. The van der Waals surface area contributed by atoms with Crippen LogP contribution in [0.2, 0.25) is 0 Å². The van der Waals surface area contributed by atoms with Gasteiger partial charge in [0, 0.05) is 24.3 Å². The molecule has 0 bridgehead atoms. The van der Waals surface area contributed by atoms with E-state index in [2.05, 4.69) is 5.10 Å². The van der Waals surface area contributed by atoms with Gasteiger partial charge in [0.1, 0.15) is 0 Å². The number of benzene rings is 1. The second-order valence-corrected chi connectivity index (χ2v) is 6.31. The lowest BCUT2D eigenvalue weighted by atomic mass is 9.97. The number of hydrogen-bond acceptors (Lipinski definition) is 3. The summed E-state index contributed by atoms with van der Waals surface area (Å²) in [5.41, 5.74) is 3.46. The number of hydrogen-bond donors (Lipinski definition) is 1. The standard InChI is InChI=1S/C18H21N3O3/c1-12-10-13(2)21(19-12)16-7-5-14(6-8-16)17(22)20-9-3-4-15(11-20)18(23)24/h5-8,10,15H,3-4,9,11H2,1-2H3,(H,23,24). The van der Waals surface area contributed by atoms with Crippen molar-refractivity contribution in [3.05, 3.63) is 47.3 Å². The number of carboxylic acids is 1. The Kier molecular flexibility index (Phi) is 4.38. The molecule has 1 aromatic carbocycles. The first-order valence-electron chi connectivity index (χ1n) is 8.11. The lowest BCUT2D eigenvalue weighted by molar-refractivity contribution is -0.143. The first kappa shape index (κ1) is 16.2. The molecule has 2 aromatic rings. The molecule has 1 N–H and O–H groups in total. The summed E-state index contributed by atoms with van der Waals surface area (Å²) in [5, 5.41) is 13.6. The van der Waals surface area contributed by atoms with E-state index in [-0.39, 0.29) is 12.5 Å². The summed E-state index contributed by atoms with van der Waals surface area (Å²) < 4.78 is 1.84. The number of likely N-dealkylation sites (tertiary alicyclic amines) is 1. The molecule has 0 radical (unpaired) electrons. The Hall–Kier alpha value is -2.63. The molecule has 6 heteroatoms. The van der Waals surface area contributed by atoms with Crippen molar-refractivity contribution in [3.8, 4) is 5.69 Å². The molecule has 1 saturated heterocycles. The minimum absolute atomic E-state index is 0.110. The average Bonchev–Trinajstić information content (AvgIpc) is 2.93. The van der Waals surface area contributed by atoms with Gasteiger partial charge in [-0.15, -0.1) is 0 Å². The number of amides is 1. The van der Waals surface area contributed by atoms with Gasteiger partial charge in [0.15, 0.2) is 0 Å². The van der Waals surface area contributed by atoms with Crippen LogP contribution in [-0.2, 0) is 4.79 Å². The summed E-state index contributed by atoms with van der Waals surface area (Å²) in [7, 11) is 0. The zero-order valence-corrected chi connectivity index (χ0v) is 13.9. The van der Waals surface area contributed by atoms with Crippen LogP contribution >= 0.6 is 0 Å². The average molecular weight is 327 g/mol. The molecule has 1 unspecified atom stereocenters. The zero-order chi connectivity index (χ0) is 17.3. The van der Waals surface area contributed by atoms with E-state index in [0.717, 1.165) is 23.5 Å². The van der Waals surface area contributed by atoms with Crippen molar-refractivity contribution in [2.45, 2.75) is 26.7 Å². The van der Waals surface area contributed by atoms with Crippen molar-refractivity contribution in [2.75, 3.05) is 13.1 Å². The summed E-state index contributed by atoms with van der Waals surface area (Å²) in [6.07, 6.45) is 1.36. The molecular weight excluding hydrogens is 306 g/mol. The lowest BCUT2D eigenvalue weighted by Crippen LogP contribution is -2.42. The number of aryl methyl sites for hydroxylation is 2. The first-order chi connectivity index (χ1) is 11.5. The van der Waals surface area contributed by atoms with Gasteiger partial charge in [0.25, 0.3) is 5.91 Å². The SMILES string of the molecule is Cc1cc(C)n(-c2ccc(C(=O)N3CCCC(C(=O)O)C3)cc2)n1. The van der Waals surface area contributed by atoms with Crippen LogP contribution in [0.15, 0.2) is 30.3 Å². The molecule has 0 saturated carbocycles. The van der Waals surface area contributed by atoms with Crippen LogP contribution in [0.5, 0.6) is 0 Å². The van der Waals surface area contributed by atoms with Gasteiger partial charge in [-0.05, 0) is 57.0 Å². The first-order valence-corrected chi connectivity index (χ1v) is 8.11. The van der Waals surface area contributed by atoms with Crippen LogP contribution in [0.1, 0.15) is 34.6 Å². The highest BCUT2D eigenvalue weighted by atomic mass is 16.4. The third-order valence-electron chi connectivity index (χ3n) is 4.43. The van der Waals surface area contributed by atoms with E-state index >= 15 is 0 Å². The fourth-order valence-electron chi connectivity index (χ4n) is 3.18.